The topological polar surface area (TPSA) is 35.5 Å². The van der Waals surface area contributed by atoms with E-state index in [1.807, 2.05) is 19.2 Å². The predicted molar refractivity (Wildman–Crippen MR) is 79.8 cm³/mol. The molecule has 2 unspecified atom stereocenters. The molecule has 106 valence electrons. The molecule has 2 rings (SSSR count). The summed E-state index contributed by atoms with van der Waals surface area (Å²) in [5.41, 5.74) is 3.84. The van der Waals surface area contributed by atoms with E-state index in [9.17, 15) is 5.11 Å². The summed E-state index contributed by atoms with van der Waals surface area (Å²) >= 11 is 0. The molecule has 0 aliphatic heterocycles. The van der Waals surface area contributed by atoms with E-state index in [0.29, 0.717) is 17.7 Å². The third-order valence-corrected chi connectivity index (χ3v) is 4.35. The first-order valence-electron chi connectivity index (χ1n) is 7.23. The Labute approximate surface area is 116 Å². The van der Waals surface area contributed by atoms with Crippen LogP contribution in [0.3, 0.4) is 0 Å². The molecule has 19 heavy (non-hydrogen) atoms. The van der Waals surface area contributed by atoms with Crippen LogP contribution in [0.5, 0.6) is 5.75 Å². The fourth-order valence-electron chi connectivity index (χ4n) is 3.37. The van der Waals surface area contributed by atoms with Crippen molar-refractivity contribution in [3.63, 3.8) is 0 Å². The van der Waals surface area contributed by atoms with Gasteiger partial charge in [0.1, 0.15) is 5.75 Å². The third-order valence-electron chi connectivity index (χ3n) is 4.35. The van der Waals surface area contributed by atoms with Crippen LogP contribution in [0.15, 0.2) is 12.1 Å². The summed E-state index contributed by atoms with van der Waals surface area (Å²) in [7, 11) is 4.16. The van der Waals surface area contributed by atoms with Gasteiger partial charge in [0.2, 0.25) is 0 Å². The Hall–Kier alpha value is -1.06. The van der Waals surface area contributed by atoms with E-state index in [0.717, 1.165) is 25.9 Å². The van der Waals surface area contributed by atoms with Crippen LogP contribution >= 0.6 is 0 Å². The molecule has 0 radical (unpaired) electrons. The van der Waals surface area contributed by atoms with Gasteiger partial charge in [-0.2, -0.15) is 0 Å². The SMILES string of the molecule is CNCCCN(C)C1CC(C)c2c(C)ccc(O)c21. The van der Waals surface area contributed by atoms with Gasteiger partial charge in [-0.3, -0.25) is 4.90 Å². The molecule has 1 aliphatic carbocycles. The van der Waals surface area contributed by atoms with E-state index in [2.05, 4.69) is 31.1 Å². The Morgan fingerprint density at radius 3 is 2.79 bits per heavy atom. The Bertz CT molecular complexity index is 445. The quantitative estimate of drug-likeness (QED) is 0.801. The maximum absolute atomic E-state index is 10.2. The van der Waals surface area contributed by atoms with Crippen LogP contribution < -0.4 is 5.32 Å². The number of phenols is 1. The molecule has 0 amide bonds. The van der Waals surface area contributed by atoms with Crippen LogP contribution in [-0.4, -0.2) is 37.2 Å². The first-order valence-corrected chi connectivity index (χ1v) is 7.23. The van der Waals surface area contributed by atoms with Crippen LogP contribution in [-0.2, 0) is 0 Å². The first-order chi connectivity index (χ1) is 9.06. The van der Waals surface area contributed by atoms with Crippen LogP contribution in [0.25, 0.3) is 0 Å². The second kappa shape index (κ2) is 5.93. The molecule has 1 aromatic carbocycles. The Morgan fingerprint density at radius 1 is 1.37 bits per heavy atom. The number of fused-ring (bicyclic) bond motifs is 1. The normalized spacial score (nSPS) is 21.9. The molecule has 3 heteroatoms. The van der Waals surface area contributed by atoms with E-state index >= 15 is 0 Å². The van der Waals surface area contributed by atoms with Crippen LogP contribution in [0, 0.1) is 6.92 Å². The van der Waals surface area contributed by atoms with Crippen molar-refractivity contribution >= 4 is 0 Å². The lowest BCUT2D eigenvalue weighted by atomic mass is 9.97. The van der Waals surface area contributed by atoms with Crippen LogP contribution in [0.1, 0.15) is 48.4 Å². The number of phenolic OH excluding ortho intramolecular Hbond substituents is 1. The van der Waals surface area contributed by atoms with Gasteiger partial charge in [0.15, 0.2) is 0 Å². The van der Waals surface area contributed by atoms with Gasteiger partial charge in [-0.1, -0.05) is 13.0 Å². The minimum atomic E-state index is 0.363. The maximum atomic E-state index is 10.2. The van der Waals surface area contributed by atoms with Gasteiger partial charge in [-0.25, -0.2) is 0 Å². The summed E-state index contributed by atoms with van der Waals surface area (Å²) in [6.07, 6.45) is 2.25. The smallest absolute Gasteiger partial charge is 0.120 e. The number of rotatable bonds is 5. The van der Waals surface area contributed by atoms with Crippen molar-refractivity contribution in [1.29, 1.82) is 0 Å². The van der Waals surface area contributed by atoms with E-state index < -0.39 is 0 Å². The van der Waals surface area contributed by atoms with E-state index in [4.69, 9.17) is 0 Å². The summed E-state index contributed by atoms with van der Waals surface area (Å²) in [4.78, 5) is 2.39. The number of nitrogens with one attached hydrogen (secondary N) is 1. The number of nitrogens with zero attached hydrogens (tertiary/aromatic N) is 1. The zero-order valence-corrected chi connectivity index (χ0v) is 12.5. The highest BCUT2D eigenvalue weighted by molar-refractivity contribution is 5.50. The van der Waals surface area contributed by atoms with Gasteiger partial charge in [0.25, 0.3) is 0 Å². The van der Waals surface area contributed by atoms with Crippen molar-refractivity contribution in [3.05, 3.63) is 28.8 Å². The van der Waals surface area contributed by atoms with Crippen LogP contribution in [0.2, 0.25) is 0 Å². The van der Waals surface area contributed by atoms with Gasteiger partial charge in [-0.05, 0) is 70.1 Å². The molecule has 0 bridgehead atoms. The minimum Gasteiger partial charge on any atom is -0.508 e. The average Bonchev–Trinajstić information content (AvgIpc) is 2.73. The van der Waals surface area contributed by atoms with Gasteiger partial charge >= 0.3 is 0 Å². The molecule has 0 heterocycles. The lowest BCUT2D eigenvalue weighted by Gasteiger charge is -2.26. The summed E-state index contributed by atoms with van der Waals surface area (Å²) in [6.45, 7) is 6.52. The summed E-state index contributed by atoms with van der Waals surface area (Å²) in [5.74, 6) is 1.01. The monoisotopic (exact) mass is 262 g/mol. The standard InChI is InChI=1S/C16H26N2O/c1-11-6-7-14(19)16-13(10-12(2)15(11)16)18(4)9-5-8-17-3/h6-7,12-13,17,19H,5,8-10H2,1-4H3. The molecule has 0 aromatic heterocycles. The van der Waals surface area contributed by atoms with Gasteiger partial charge in [0.05, 0.1) is 0 Å². The summed E-state index contributed by atoms with van der Waals surface area (Å²) in [5, 5.41) is 13.4. The lowest BCUT2D eigenvalue weighted by Crippen LogP contribution is -2.26. The molecule has 3 nitrogen and oxygen atoms in total. The zero-order chi connectivity index (χ0) is 14.0. The number of benzene rings is 1. The first kappa shape index (κ1) is 14.4. The maximum Gasteiger partial charge on any atom is 0.120 e. The molecule has 0 saturated carbocycles. The Morgan fingerprint density at radius 2 is 2.11 bits per heavy atom. The average molecular weight is 262 g/mol. The molecule has 0 spiro atoms. The van der Waals surface area contributed by atoms with Crippen molar-refractivity contribution in [1.82, 2.24) is 10.2 Å². The minimum absolute atomic E-state index is 0.363. The Kier molecular flexibility index (Phi) is 4.48. The van der Waals surface area contributed by atoms with Crippen molar-refractivity contribution in [2.75, 3.05) is 27.2 Å². The number of hydrogen-bond acceptors (Lipinski definition) is 3. The zero-order valence-electron chi connectivity index (χ0n) is 12.5. The highest BCUT2D eigenvalue weighted by atomic mass is 16.3. The predicted octanol–water partition coefficient (Wildman–Crippen LogP) is 2.79. The molecular weight excluding hydrogens is 236 g/mol. The molecular formula is C16H26N2O. The van der Waals surface area contributed by atoms with Gasteiger partial charge < -0.3 is 10.4 Å². The van der Waals surface area contributed by atoms with Crippen molar-refractivity contribution in [2.24, 2.45) is 0 Å². The van der Waals surface area contributed by atoms with Crippen molar-refractivity contribution in [3.8, 4) is 5.75 Å². The van der Waals surface area contributed by atoms with Crippen molar-refractivity contribution in [2.45, 2.75) is 38.6 Å². The largest absolute Gasteiger partial charge is 0.508 e. The molecule has 1 aliphatic rings. The van der Waals surface area contributed by atoms with Gasteiger partial charge in [-0.15, -0.1) is 0 Å². The highest BCUT2D eigenvalue weighted by Gasteiger charge is 2.34. The van der Waals surface area contributed by atoms with Crippen molar-refractivity contribution < 1.29 is 5.11 Å². The molecule has 2 atom stereocenters. The van der Waals surface area contributed by atoms with Gasteiger partial charge in [0, 0.05) is 11.6 Å². The number of aryl methyl sites for hydroxylation is 1. The lowest BCUT2D eigenvalue weighted by molar-refractivity contribution is 0.232. The van der Waals surface area contributed by atoms with E-state index in [1.165, 1.54) is 16.7 Å². The van der Waals surface area contributed by atoms with E-state index in [1.54, 1.807) is 0 Å². The molecule has 0 fully saturated rings. The summed E-state index contributed by atoms with van der Waals surface area (Å²) < 4.78 is 0. The molecule has 1 aromatic rings. The second-order valence-corrected chi connectivity index (χ2v) is 5.82. The molecule has 2 N–H and O–H groups in total. The van der Waals surface area contributed by atoms with E-state index in [-0.39, 0.29) is 0 Å². The number of aromatic hydroxyl groups is 1. The number of hydrogen-bond donors (Lipinski definition) is 2. The highest BCUT2D eigenvalue weighted by Crippen LogP contribution is 2.48. The second-order valence-electron chi connectivity index (χ2n) is 5.82. The fraction of sp³-hybridized carbons (Fsp3) is 0.625. The Balaban J connectivity index is 2.21. The molecule has 0 saturated heterocycles. The summed E-state index contributed by atoms with van der Waals surface area (Å²) in [6, 6.07) is 4.25. The third kappa shape index (κ3) is 2.77. The van der Waals surface area contributed by atoms with Crippen LogP contribution in [0.4, 0.5) is 0 Å². The fourth-order valence-corrected chi connectivity index (χ4v) is 3.37.